The van der Waals surface area contributed by atoms with Crippen LogP contribution in [0.25, 0.3) is 0 Å². The standard InChI is InChI=1S/C11H15NO3S/c1-8-2-4-9(5-3-8)12(16)10(6-7-13)11(14)15/h2-5,10,13,16H,6-7H2,1H3,(H,14,15). The number of hydrogen-bond donors (Lipinski definition) is 3. The van der Waals surface area contributed by atoms with Crippen LogP contribution < -0.4 is 4.31 Å². The van der Waals surface area contributed by atoms with Gasteiger partial charge in [0.05, 0.1) is 0 Å². The molecule has 0 radical (unpaired) electrons. The predicted octanol–water partition coefficient (Wildman–Crippen LogP) is 1.48. The van der Waals surface area contributed by atoms with Crippen LogP contribution in [0.4, 0.5) is 5.69 Å². The molecule has 16 heavy (non-hydrogen) atoms. The molecular formula is C11H15NO3S. The van der Waals surface area contributed by atoms with Crippen LogP contribution in [0.1, 0.15) is 12.0 Å². The number of nitrogens with zero attached hydrogens (tertiary/aromatic N) is 1. The summed E-state index contributed by atoms with van der Waals surface area (Å²) in [5, 5.41) is 17.8. The van der Waals surface area contributed by atoms with Crippen LogP contribution in [0.3, 0.4) is 0 Å². The molecule has 5 heteroatoms. The molecule has 1 unspecified atom stereocenters. The molecule has 0 bridgehead atoms. The van der Waals surface area contributed by atoms with Gasteiger partial charge in [-0.2, -0.15) is 0 Å². The minimum atomic E-state index is -0.996. The molecule has 1 rings (SSSR count). The highest BCUT2D eigenvalue weighted by Gasteiger charge is 2.23. The molecule has 88 valence electrons. The van der Waals surface area contributed by atoms with Gasteiger partial charge in [0.15, 0.2) is 0 Å². The Kier molecular flexibility index (Phi) is 4.64. The van der Waals surface area contributed by atoms with Gasteiger partial charge in [0, 0.05) is 18.7 Å². The van der Waals surface area contributed by atoms with Crippen molar-refractivity contribution in [2.45, 2.75) is 19.4 Å². The van der Waals surface area contributed by atoms with E-state index in [9.17, 15) is 4.79 Å². The number of thiol groups is 1. The minimum absolute atomic E-state index is 0.146. The Hall–Kier alpha value is -1.20. The van der Waals surface area contributed by atoms with E-state index in [2.05, 4.69) is 12.8 Å². The van der Waals surface area contributed by atoms with Crippen LogP contribution in [0.5, 0.6) is 0 Å². The van der Waals surface area contributed by atoms with Crippen LogP contribution >= 0.6 is 12.8 Å². The molecule has 1 aromatic carbocycles. The number of carboxylic acid groups (broad SMARTS) is 1. The fraction of sp³-hybridized carbons (Fsp3) is 0.364. The molecule has 0 aliphatic rings. The quantitative estimate of drug-likeness (QED) is 0.683. The van der Waals surface area contributed by atoms with Gasteiger partial charge < -0.3 is 14.5 Å². The van der Waals surface area contributed by atoms with Crippen molar-refractivity contribution in [3.8, 4) is 0 Å². The maximum Gasteiger partial charge on any atom is 0.327 e. The fourth-order valence-corrected chi connectivity index (χ4v) is 1.70. The largest absolute Gasteiger partial charge is 0.480 e. The molecule has 4 nitrogen and oxygen atoms in total. The lowest BCUT2D eigenvalue weighted by molar-refractivity contribution is -0.138. The highest BCUT2D eigenvalue weighted by atomic mass is 32.1. The van der Waals surface area contributed by atoms with E-state index in [0.29, 0.717) is 5.69 Å². The Bertz CT molecular complexity index is 353. The molecule has 0 spiro atoms. The van der Waals surface area contributed by atoms with Gasteiger partial charge in [-0.3, -0.25) is 0 Å². The molecule has 2 N–H and O–H groups in total. The number of benzene rings is 1. The van der Waals surface area contributed by atoms with Crippen molar-refractivity contribution in [2.24, 2.45) is 0 Å². The summed E-state index contributed by atoms with van der Waals surface area (Å²) in [5.74, 6) is -0.996. The number of aliphatic carboxylic acids is 1. The summed E-state index contributed by atoms with van der Waals surface area (Å²) in [5.41, 5.74) is 1.80. The Balaban J connectivity index is 2.85. The van der Waals surface area contributed by atoms with E-state index in [1.807, 2.05) is 19.1 Å². The second-order valence-electron chi connectivity index (χ2n) is 3.55. The van der Waals surface area contributed by atoms with E-state index < -0.39 is 12.0 Å². The summed E-state index contributed by atoms with van der Waals surface area (Å²) < 4.78 is 1.36. The highest BCUT2D eigenvalue weighted by molar-refractivity contribution is 7.81. The van der Waals surface area contributed by atoms with Crippen molar-refractivity contribution in [3.63, 3.8) is 0 Å². The van der Waals surface area contributed by atoms with Gasteiger partial charge in [-0.1, -0.05) is 30.5 Å². The summed E-state index contributed by atoms with van der Waals surface area (Å²) in [6.07, 6.45) is 0.146. The predicted molar refractivity (Wildman–Crippen MR) is 65.8 cm³/mol. The van der Waals surface area contributed by atoms with E-state index in [4.69, 9.17) is 10.2 Å². The van der Waals surface area contributed by atoms with Crippen LogP contribution in [0.15, 0.2) is 24.3 Å². The molecule has 1 atom stereocenters. The zero-order valence-electron chi connectivity index (χ0n) is 9.00. The molecule has 1 aromatic rings. The molecule has 0 saturated heterocycles. The third-order valence-electron chi connectivity index (χ3n) is 2.28. The van der Waals surface area contributed by atoms with Gasteiger partial charge in [0.1, 0.15) is 6.04 Å². The number of anilines is 1. The summed E-state index contributed by atoms with van der Waals surface area (Å²) >= 11 is 4.16. The SMILES string of the molecule is Cc1ccc(N(S)C(CCO)C(=O)O)cc1. The number of rotatable bonds is 5. The van der Waals surface area contributed by atoms with Gasteiger partial charge in [-0.05, 0) is 19.1 Å². The number of aryl methyl sites for hydroxylation is 1. The van der Waals surface area contributed by atoms with Gasteiger partial charge in [-0.25, -0.2) is 4.79 Å². The van der Waals surface area contributed by atoms with E-state index >= 15 is 0 Å². The Morgan fingerprint density at radius 3 is 2.44 bits per heavy atom. The number of hydrogen-bond acceptors (Lipinski definition) is 4. The molecular weight excluding hydrogens is 226 g/mol. The maximum absolute atomic E-state index is 11.0. The number of aliphatic hydroxyl groups is 1. The van der Waals surface area contributed by atoms with Crippen molar-refractivity contribution >= 4 is 24.5 Å². The average Bonchev–Trinajstić information content (AvgIpc) is 2.25. The molecule has 0 saturated carbocycles. The zero-order chi connectivity index (χ0) is 12.1. The third-order valence-corrected chi connectivity index (χ3v) is 2.79. The van der Waals surface area contributed by atoms with Crippen molar-refractivity contribution in [1.29, 1.82) is 0 Å². The number of aliphatic hydroxyl groups excluding tert-OH is 1. The molecule has 0 aliphatic heterocycles. The molecule has 0 fully saturated rings. The Morgan fingerprint density at radius 2 is 2.00 bits per heavy atom. The Morgan fingerprint density at radius 1 is 1.44 bits per heavy atom. The van der Waals surface area contributed by atoms with Crippen LogP contribution in [-0.4, -0.2) is 28.8 Å². The third kappa shape index (κ3) is 3.15. The van der Waals surface area contributed by atoms with Crippen LogP contribution in [-0.2, 0) is 4.79 Å². The number of carbonyl (C=O) groups is 1. The first kappa shape index (κ1) is 12.9. The van der Waals surface area contributed by atoms with Crippen LogP contribution in [0, 0.1) is 6.92 Å². The summed E-state index contributed by atoms with van der Waals surface area (Å²) in [6.45, 7) is 1.77. The zero-order valence-corrected chi connectivity index (χ0v) is 9.89. The first-order valence-corrected chi connectivity index (χ1v) is 5.34. The van der Waals surface area contributed by atoms with Crippen molar-refractivity contribution in [2.75, 3.05) is 10.9 Å². The van der Waals surface area contributed by atoms with Gasteiger partial charge in [0.25, 0.3) is 0 Å². The second-order valence-corrected chi connectivity index (χ2v) is 3.98. The first-order chi connectivity index (χ1) is 7.56. The molecule has 0 aromatic heterocycles. The molecule has 0 aliphatic carbocycles. The van der Waals surface area contributed by atoms with E-state index in [0.717, 1.165) is 5.56 Å². The maximum atomic E-state index is 11.0. The lowest BCUT2D eigenvalue weighted by Gasteiger charge is -2.24. The van der Waals surface area contributed by atoms with Gasteiger partial charge >= 0.3 is 5.97 Å². The smallest absolute Gasteiger partial charge is 0.327 e. The van der Waals surface area contributed by atoms with Gasteiger partial charge in [0.2, 0.25) is 0 Å². The van der Waals surface area contributed by atoms with E-state index in [1.165, 1.54) is 4.31 Å². The second kappa shape index (κ2) is 5.77. The van der Waals surface area contributed by atoms with Gasteiger partial charge in [-0.15, -0.1) is 0 Å². The van der Waals surface area contributed by atoms with E-state index in [-0.39, 0.29) is 13.0 Å². The summed E-state index contributed by atoms with van der Waals surface area (Å²) in [4.78, 5) is 11.0. The normalized spacial score (nSPS) is 12.2. The fourth-order valence-electron chi connectivity index (χ4n) is 1.35. The molecule has 0 amide bonds. The van der Waals surface area contributed by atoms with Crippen LogP contribution in [0.2, 0.25) is 0 Å². The monoisotopic (exact) mass is 241 g/mol. The minimum Gasteiger partial charge on any atom is -0.480 e. The molecule has 0 heterocycles. The van der Waals surface area contributed by atoms with Crippen molar-refractivity contribution in [1.82, 2.24) is 0 Å². The lowest BCUT2D eigenvalue weighted by atomic mass is 10.2. The topological polar surface area (TPSA) is 60.8 Å². The Labute approximate surface area is 100 Å². The van der Waals surface area contributed by atoms with Crippen molar-refractivity contribution in [3.05, 3.63) is 29.8 Å². The highest BCUT2D eigenvalue weighted by Crippen LogP contribution is 2.21. The lowest BCUT2D eigenvalue weighted by Crippen LogP contribution is -2.35. The first-order valence-electron chi connectivity index (χ1n) is 4.94. The van der Waals surface area contributed by atoms with E-state index in [1.54, 1.807) is 12.1 Å². The average molecular weight is 241 g/mol. The van der Waals surface area contributed by atoms with Crippen molar-refractivity contribution < 1.29 is 15.0 Å². The summed E-state index contributed by atoms with van der Waals surface area (Å²) in [7, 11) is 0. The number of carboxylic acids is 1. The summed E-state index contributed by atoms with van der Waals surface area (Å²) in [6, 6.07) is 6.55.